The second kappa shape index (κ2) is 33.5. The summed E-state index contributed by atoms with van der Waals surface area (Å²) in [4.78, 5) is 9.64. The van der Waals surface area contributed by atoms with Crippen LogP contribution in [0.15, 0.2) is 507 Å². The van der Waals surface area contributed by atoms with Crippen LogP contribution in [0.1, 0.15) is 0 Å². The van der Waals surface area contributed by atoms with Gasteiger partial charge in [-0.1, -0.05) is 297 Å². The molecule has 700 valence electrons. The SMILES string of the molecule is c1ccc(-n2c3ccccc3c3cc(-c4ccc5c(c4)Oc4ccccc4N5c4ccc5c(ccc6ccc7sc8ccccc8c7c65)c4)ccc32)cc1.c1ccc2c(c1)Oc1cc(-n3c4ccccc4c4ccccc43)ccc1N2c1ccc2c(ccc3ccc4sc5ccccc5c4c32)c1.c1ccc2c(c1)Sc1cc(-n3c4ccccc4c4ccccc43)ccc1N2c1ccc2c(ccc3ccc4sc5ccccc5c4c32)c1. The molecule has 0 unspecified atom stereocenters. The van der Waals surface area contributed by atoms with E-state index in [9.17, 15) is 0 Å². The van der Waals surface area contributed by atoms with E-state index in [0.717, 1.165) is 79.6 Å². The van der Waals surface area contributed by atoms with Gasteiger partial charge in [0.1, 0.15) is 0 Å². The highest BCUT2D eigenvalue weighted by molar-refractivity contribution is 7.99. The van der Waals surface area contributed by atoms with Crippen molar-refractivity contribution in [3.63, 3.8) is 0 Å². The largest absolute Gasteiger partial charge is 0.453 e. The van der Waals surface area contributed by atoms with Crippen LogP contribution in [-0.4, -0.2) is 13.7 Å². The summed E-state index contributed by atoms with van der Waals surface area (Å²) in [7, 11) is 0. The summed E-state index contributed by atoms with van der Waals surface area (Å²) in [5, 5.41) is 30.9. The second-order valence-corrected chi connectivity index (χ2v) is 43.5. The normalized spacial score (nSPS) is 12.7. The number of hydrogen-bond donors (Lipinski definition) is 0. The van der Waals surface area contributed by atoms with Gasteiger partial charge in [0, 0.05) is 137 Å². The Balaban J connectivity index is 0.0000000995. The first-order chi connectivity index (χ1) is 74.4. The van der Waals surface area contributed by atoms with Crippen molar-refractivity contribution in [2.45, 2.75) is 9.79 Å². The fraction of sp³-hybridized carbons (Fsp3) is 0. The number of benzene rings is 25. The number of thiophene rings is 3. The van der Waals surface area contributed by atoms with Gasteiger partial charge in [0.05, 0.1) is 72.9 Å². The first-order valence-electron chi connectivity index (χ1n) is 50.9. The minimum atomic E-state index is 0.832. The van der Waals surface area contributed by atoms with Crippen LogP contribution in [0.25, 0.3) is 219 Å². The summed E-state index contributed by atoms with van der Waals surface area (Å²) in [6.07, 6.45) is 0. The number of nitrogens with zero attached hydrogens (tertiary/aromatic N) is 6. The van der Waals surface area contributed by atoms with Gasteiger partial charge >= 0.3 is 0 Å². The summed E-state index contributed by atoms with van der Waals surface area (Å²) >= 11 is 7.49. The number of fused-ring (bicyclic) bond motifs is 36. The molecule has 25 aromatic carbocycles. The summed E-state index contributed by atoms with van der Waals surface area (Å²) in [6, 6.07) is 181. The molecule has 9 heterocycles. The van der Waals surface area contributed by atoms with Crippen LogP contribution in [0.4, 0.5) is 51.2 Å². The zero-order chi connectivity index (χ0) is 98.0. The summed E-state index contributed by atoms with van der Waals surface area (Å²) < 4.78 is 28.5. The molecular formula is C138H82N6O2S4. The fourth-order valence-corrected chi connectivity index (χ4v) is 28.9. The lowest BCUT2D eigenvalue weighted by atomic mass is 9.96. The predicted octanol–water partition coefficient (Wildman–Crippen LogP) is 41.1. The summed E-state index contributed by atoms with van der Waals surface area (Å²) in [6.45, 7) is 0. The number of rotatable bonds is 7. The van der Waals surface area contributed by atoms with Gasteiger partial charge in [-0.05, 0) is 282 Å². The van der Waals surface area contributed by atoms with Crippen molar-refractivity contribution in [1.29, 1.82) is 0 Å². The maximum Gasteiger partial charge on any atom is 0.153 e. The molecule has 12 heteroatoms. The predicted molar refractivity (Wildman–Crippen MR) is 640 cm³/mol. The summed E-state index contributed by atoms with van der Waals surface area (Å²) in [5.41, 5.74) is 22.8. The smallest absolute Gasteiger partial charge is 0.153 e. The van der Waals surface area contributed by atoms with E-state index < -0.39 is 0 Å². The maximum absolute atomic E-state index is 6.69. The summed E-state index contributed by atoms with van der Waals surface area (Å²) in [5.74, 6) is 3.35. The molecule has 0 fully saturated rings. The third-order valence-corrected chi connectivity index (χ3v) is 35.5. The lowest BCUT2D eigenvalue weighted by Crippen LogP contribution is -2.16. The zero-order valence-corrected chi connectivity index (χ0v) is 83.7. The average molecular weight is 1980 g/mol. The molecule has 3 aliphatic rings. The van der Waals surface area contributed by atoms with Gasteiger partial charge in [-0.15, -0.1) is 34.0 Å². The van der Waals surface area contributed by atoms with Crippen molar-refractivity contribution in [2.75, 3.05) is 14.7 Å². The van der Waals surface area contributed by atoms with E-state index in [-0.39, 0.29) is 0 Å². The molecule has 0 bridgehead atoms. The third-order valence-electron chi connectivity index (χ3n) is 31.0. The van der Waals surface area contributed by atoms with Gasteiger partial charge in [-0.3, -0.25) is 0 Å². The Morgan fingerprint density at radius 1 is 0.153 bits per heavy atom. The van der Waals surface area contributed by atoms with Crippen LogP contribution in [0.5, 0.6) is 23.0 Å². The molecule has 0 saturated heterocycles. The van der Waals surface area contributed by atoms with Crippen LogP contribution in [-0.2, 0) is 0 Å². The van der Waals surface area contributed by atoms with E-state index >= 15 is 0 Å². The van der Waals surface area contributed by atoms with Crippen molar-refractivity contribution in [1.82, 2.24) is 13.7 Å². The molecule has 8 nitrogen and oxygen atoms in total. The first-order valence-corrected chi connectivity index (χ1v) is 54.1. The van der Waals surface area contributed by atoms with Crippen molar-refractivity contribution >= 4 is 288 Å². The monoisotopic (exact) mass is 1980 g/mol. The van der Waals surface area contributed by atoms with E-state index in [1.54, 1.807) is 0 Å². The Morgan fingerprint density at radius 2 is 0.467 bits per heavy atom. The molecule has 3 aliphatic heterocycles. The number of aromatic nitrogens is 3. The molecule has 0 aliphatic carbocycles. The Hall–Kier alpha value is -18.5. The van der Waals surface area contributed by atoms with Crippen LogP contribution < -0.4 is 24.2 Å². The molecular weight excluding hydrogens is 1900 g/mol. The van der Waals surface area contributed by atoms with Gasteiger partial charge in [-0.25, -0.2) is 0 Å². The van der Waals surface area contributed by atoms with Crippen LogP contribution in [0.3, 0.4) is 0 Å². The lowest BCUT2D eigenvalue weighted by Gasteiger charge is -2.33. The Labute approximate surface area is 876 Å². The minimum Gasteiger partial charge on any atom is -0.453 e. The number of ether oxygens (including phenoxy) is 2. The highest BCUT2D eigenvalue weighted by Gasteiger charge is 2.33. The second-order valence-electron chi connectivity index (χ2n) is 39.2. The Kier molecular flexibility index (Phi) is 18.9. The van der Waals surface area contributed by atoms with Crippen molar-refractivity contribution in [3.05, 3.63) is 497 Å². The van der Waals surface area contributed by atoms with Gasteiger partial charge in [-0.2, -0.15) is 0 Å². The number of hydrogen-bond acceptors (Lipinski definition) is 9. The molecule has 6 aromatic heterocycles. The highest BCUT2D eigenvalue weighted by Crippen LogP contribution is 2.59. The van der Waals surface area contributed by atoms with E-state index in [1.165, 1.54) is 223 Å². The number of anilines is 9. The highest BCUT2D eigenvalue weighted by atomic mass is 32.2. The number of para-hydroxylation sites is 11. The van der Waals surface area contributed by atoms with Gasteiger partial charge in [0.25, 0.3) is 0 Å². The average Bonchev–Trinajstić information content (AvgIpc) is 1.19. The van der Waals surface area contributed by atoms with Crippen LogP contribution in [0.2, 0.25) is 0 Å². The van der Waals surface area contributed by atoms with Crippen molar-refractivity contribution < 1.29 is 9.47 Å². The molecule has 0 saturated carbocycles. The fourth-order valence-electron chi connectivity index (χ4n) is 24.4. The molecule has 0 amide bonds. The Bertz CT molecular complexity index is 10700. The van der Waals surface area contributed by atoms with E-state index in [1.807, 2.05) is 57.9 Å². The molecule has 34 rings (SSSR count). The van der Waals surface area contributed by atoms with Gasteiger partial charge in [0.2, 0.25) is 0 Å². The Morgan fingerprint density at radius 3 is 0.933 bits per heavy atom. The third kappa shape index (κ3) is 13.1. The standard InChI is InChI=1S/C50H30N2OS.C44H26N2OS.C44H26N2S2/c1-2-10-35(11-3-1)51-41-14-6-4-12-38(41)40-29-32(20-25-42(40)51)33-21-26-44-46(30-33)53-45-16-8-7-15-43(45)52(44)36-23-24-37-34(28-36)19-18-31-22-27-48-50(49(31)37)39-13-5-9-17-47(39)54-48;1-4-12-35-32(9-1)33-10-2-5-13-36(33)45(35)30-21-23-38-40(26-30)47-39-15-7-6-14-37(39)46(38)29-20-22-31-28(25-29)18-17-27-19-24-42-44(43(27)31)34-11-3-8-16-41(34)48-42;1-4-12-35-32(9-1)33-10-2-5-13-36(33)45(35)30-21-23-38-42(26-30)48-40-16-8-6-14-37(40)46(38)29-20-22-31-28(25-29)18-17-27-19-24-41-44(43(27)31)34-11-3-7-15-39(34)47-41/h1-30H;2*1-26H. The van der Waals surface area contributed by atoms with Crippen LogP contribution in [0, 0.1) is 0 Å². The molecule has 0 atom stereocenters. The molecule has 0 spiro atoms. The van der Waals surface area contributed by atoms with E-state index in [2.05, 4.69) is 514 Å². The molecule has 31 aromatic rings. The minimum absolute atomic E-state index is 0.832. The zero-order valence-electron chi connectivity index (χ0n) is 80.5. The van der Waals surface area contributed by atoms with E-state index in [0.29, 0.717) is 0 Å². The topological polar surface area (TPSA) is 43.0 Å². The lowest BCUT2D eigenvalue weighted by molar-refractivity contribution is 0.476. The van der Waals surface area contributed by atoms with Crippen molar-refractivity contribution in [2.24, 2.45) is 0 Å². The van der Waals surface area contributed by atoms with Crippen molar-refractivity contribution in [3.8, 4) is 51.2 Å². The molecule has 0 N–H and O–H groups in total. The molecule has 0 radical (unpaired) electrons. The van der Waals surface area contributed by atoms with Crippen LogP contribution >= 0.6 is 45.8 Å². The maximum atomic E-state index is 6.69. The molecule has 150 heavy (non-hydrogen) atoms. The van der Waals surface area contributed by atoms with Gasteiger partial charge in [0.15, 0.2) is 23.0 Å². The van der Waals surface area contributed by atoms with E-state index in [4.69, 9.17) is 9.47 Å². The first kappa shape index (κ1) is 84.8. The quantitative estimate of drug-likeness (QED) is 0.148. The van der Waals surface area contributed by atoms with Gasteiger partial charge < -0.3 is 37.9 Å².